The summed E-state index contributed by atoms with van der Waals surface area (Å²) in [5, 5.41) is 8.81. The number of aromatic nitrogens is 3. The number of benzene rings is 1. The molecule has 0 aliphatic carbocycles. The molecule has 0 bridgehead atoms. The Bertz CT molecular complexity index is 576. The van der Waals surface area contributed by atoms with Gasteiger partial charge in [-0.05, 0) is 37.9 Å². The second-order valence-electron chi connectivity index (χ2n) is 5.95. The number of rotatable bonds is 4. The smallest absolute Gasteiger partial charge is 0.147 e. The molecule has 112 valence electrons. The van der Waals surface area contributed by atoms with E-state index in [4.69, 9.17) is 0 Å². The average Bonchev–Trinajstić information content (AvgIpc) is 2.78. The van der Waals surface area contributed by atoms with Crippen LogP contribution in [0, 0.1) is 0 Å². The summed E-state index contributed by atoms with van der Waals surface area (Å²) in [6.45, 7) is 5.13. The summed E-state index contributed by atoms with van der Waals surface area (Å²) in [6, 6.07) is 10.9. The number of hydrogen-bond donors (Lipinski definition) is 0. The highest BCUT2D eigenvalue weighted by molar-refractivity contribution is 5.20. The van der Waals surface area contributed by atoms with Crippen LogP contribution >= 0.6 is 0 Å². The molecule has 0 N–H and O–H groups in total. The van der Waals surface area contributed by atoms with Crippen LogP contribution in [0.5, 0.6) is 0 Å². The summed E-state index contributed by atoms with van der Waals surface area (Å²) in [7, 11) is 2.13. The maximum Gasteiger partial charge on any atom is 0.147 e. The third-order valence-corrected chi connectivity index (χ3v) is 4.54. The first-order valence-corrected chi connectivity index (χ1v) is 7.92. The van der Waals surface area contributed by atoms with Gasteiger partial charge in [-0.2, -0.15) is 0 Å². The van der Waals surface area contributed by atoms with E-state index >= 15 is 0 Å². The fourth-order valence-electron chi connectivity index (χ4n) is 3.08. The van der Waals surface area contributed by atoms with Crippen LogP contribution in [-0.2, 0) is 19.5 Å². The zero-order valence-electron chi connectivity index (χ0n) is 13.0. The van der Waals surface area contributed by atoms with Crippen LogP contribution in [0.2, 0.25) is 0 Å². The Kier molecular flexibility index (Phi) is 4.34. The molecule has 2 aromatic rings. The van der Waals surface area contributed by atoms with Gasteiger partial charge < -0.3 is 4.57 Å². The Labute approximate surface area is 126 Å². The molecule has 1 aliphatic rings. The molecule has 4 heteroatoms. The lowest BCUT2D eigenvalue weighted by Gasteiger charge is -2.16. The lowest BCUT2D eigenvalue weighted by Crippen LogP contribution is -2.20. The van der Waals surface area contributed by atoms with E-state index < -0.39 is 0 Å². The summed E-state index contributed by atoms with van der Waals surface area (Å²) >= 11 is 0. The lowest BCUT2D eigenvalue weighted by atomic mass is 9.92. The van der Waals surface area contributed by atoms with Crippen LogP contribution in [0.15, 0.2) is 30.3 Å². The van der Waals surface area contributed by atoms with Crippen molar-refractivity contribution in [2.75, 3.05) is 13.6 Å². The summed E-state index contributed by atoms with van der Waals surface area (Å²) < 4.78 is 2.34. The third kappa shape index (κ3) is 3.16. The Morgan fingerprint density at radius 3 is 2.76 bits per heavy atom. The molecule has 0 saturated heterocycles. The number of aryl methyl sites for hydroxylation is 1. The molecule has 1 atom stereocenters. The molecule has 1 aromatic carbocycles. The monoisotopic (exact) mass is 284 g/mol. The molecule has 0 fully saturated rings. The predicted molar refractivity (Wildman–Crippen MR) is 84.2 cm³/mol. The zero-order valence-corrected chi connectivity index (χ0v) is 13.0. The van der Waals surface area contributed by atoms with Gasteiger partial charge in [0.25, 0.3) is 0 Å². The van der Waals surface area contributed by atoms with Crippen LogP contribution < -0.4 is 0 Å². The van der Waals surface area contributed by atoms with Gasteiger partial charge in [0.15, 0.2) is 0 Å². The molecular weight excluding hydrogens is 260 g/mol. The van der Waals surface area contributed by atoms with Crippen LogP contribution in [0.3, 0.4) is 0 Å². The van der Waals surface area contributed by atoms with E-state index in [1.807, 2.05) is 0 Å². The summed E-state index contributed by atoms with van der Waals surface area (Å²) in [4.78, 5) is 2.27. The number of fused-ring (bicyclic) bond motifs is 1. The van der Waals surface area contributed by atoms with E-state index in [0.29, 0.717) is 5.92 Å². The van der Waals surface area contributed by atoms with Crippen molar-refractivity contribution in [2.24, 2.45) is 0 Å². The highest BCUT2D eigenvalue weighted by atomic mass is 15.3. The van der Waals surface area contributed by atoms with Gasteiger partial charge in [0.2, 0.25) is 0 Å². The summed E-state index contributed by atoms with van der Waals surface area (Å²) in [5.41, 5.74) is 1.46. The van der Waals surface area contributed by atoms with Gasteiger partial charge in [0.1, 0.15) is 11.6 Å². The molecule has 4 nitrogen and oxygen atoms in total. The molecule has 1 aliphatic heterocycles. The Morgan fingerprint density at radius 1 is 1.19 bits per heavy atom. The van der Waals surface area contributed by atoms with Crippen molar-refractivity contribution in [1.29, 1.82) is 0 Å². The van der Waals surface area contributed by atoms with E-state index in [-0.39, 0.29) is 0 Å². The first-order valence-electron chi connectivity index (χ1n) is 7.92. The molecule has 0 saturated carbocycles. The Morgan fingerprint density at radius 2 is 2.00 bits per heavy atom. The van der Waals surface area contributed by atoms with Gasteiger partial charge in [-0.15, -0.1) is 10.2 Å². The van der Waals surface area contributed by atoms with E-state index in [2.05, 4.69) is 64.0 Å². The van der Waals surface area contributed by atoms with Gasteiger partial charge in [0, 0.05) is 13.0 Å². The topological polar surface area (TPSA) is 34.0 Å². The van der Waals surface area contributed by atoms with Crippen molar-refractivity contribution in [3.05, 3.63) is 47.5 Å². The fourth-order valence-corrected chi connectivity index (χ4v) is 3.08. The maximum atomic E-state index is 4.42. The molecule has 3 rings (SSSR count). The molecule has 0 radical (unpaired) electrons. The molecule has 0 amide bonds. The van der Waals surface area contributed by atoms with Crippen LogP contribution in [0.25, 0.3) is 0 Å². The first-order chi connectivity index (χ1) is 10.3. The van der Waals surface area contributed by atoms with E-state index in [1.54, 1.807) is 0 Å². The van der Waals surface area contributed by atoms with E-state index in [9.17, 15) is 0 Å². The highest BCUT2D eigenvalue weighted by Crippen LogP contribution is 2.29. The van der Waals surface area contributed by atoms with E-state index in [1.165, 1.54) is 18.4 Å². The van der Waals surface area contributed by atoms with Crippen molar-refractivity contribution in [3.63, 3.8) is 0 Å². The first kappa shape index (κ1) is 14.3. The van der Waals surface area contributed by atoms with Crippen molar-refractivity contribution in [1.82, 2.24) is 19.7 Å². The minimum Gasteiger partial charge on any atom is -0.314 e. The van der Waals surface area contributed by atoms with Crippen molar-refractivity contribution < 1.29 is 0 Å². The minimum absolute atomic E-state index is 0.643. The van der Waals surface area contributed by atoms with Crippen LogP contribution in [0.1, 0.15) is 42.9 Å². The predicted octanol–water partition coefficient (Wildman–Crippen LogP) is 2.85. The van der Waals surface area contributed by atoms with Gasteiger partial charge in [-0.25, -0.2) is 0 Å². The fraction of sp³-hybridized carbons (Fsp3) is 0.529. The van der Waals surface area contributed by atoms with Crippen molar-refractivity contribution in [2.45, 2.75) is 45.2 Å². The van der Waals surface area contributed by atoms with Gasteiger partial charge >= 0.3 is 0 Å². The largest absolute Gasteiger partial charge is 0.314 e. The normalized spacial score (nSPS) is 18.5. The second kappa shape index (κ2) is 6.39. The minimum atomic E-state index is 0.643. The SMILES string of the molecule is CCN(C)Cc1nnc2n1CCC(c1ccccc1)CC2. The quantitative estimate of drug-likeness (QED) is 0.865. The lowest BCUT2D eigenvalue weighted by molar-refractivity contribution is 0.328. The Balaban J connectivity index is 1.74. The molecule has 0 spiro atoms. The number of nitrogens with zero attached hydrogens (tertiary/aromatic N) is 4. The van der Waals surface area contributed by atoms with E-state index in [0.717, 1.165) is 37.7 Å². The Hall–Kier alpha value is -1.68. The molecule has 1 unspecified atom stereocenters. The summed E-state index contributed by atoms with van der Waals surface area (Å²) in [6.07, 6.45) is 3.38. The summed E-state index contributed by atoms with van der Waals surface area (Å²) in [5.74, 6) is 2.92. The van der Waals surface area contributed by atoms with Crippen LogP contribution in [0.4, 0.5) is 0 Å². The van der Waals surface area contributed by atoms with Crippen LogP contribution in [-0.4, -0.2) is 33.3 Å². The maximum absolute atomic E-state index is 4.42. The molecule has 1 aromatic heterocycles. The third-order valence-electron chi connectivity index (χ3n) is 4.54. The second-order valence-corrected chi connectivity index (χ2v) is 5.95. The molecular formula is C17H24N4. The van der Waals surface area contributed by atoms with Gasteiger partial charge in [0.05, 0.1) is 6.54 Å². The van der Waals surface area contributed by atoms with Crippen molar-refractivity contribution in [3.8, 4) is 0 Å². The van der Waals surface area contributed by atoms with Gasteiger partial charge in [-0.3, -0.25) is 4.90 Å². The number of hydrogen-bond acceptors (Lipinski definition) is 3. The highest BCUT2D eigenvalue weighted by Gasteiger charge is 2.21. The average molecular weight is 284 g/mol. The standard InChI is InChI=1S/C17H24N4/c1-3-20(2)13-17-19-18-16-10-9-15(11-12-21(16)17)14-7-5-4-6-8-14/h4-8,15H,3,9-13H2,1-2H3. The molecule has 2 heterocycles. The van der Waals surface area contributed by atoms with Gasteiger partial charge in [-0.1, -0.05) is 37.3 Å². The zero-order chi connectivity index (χ0) is 14.7. The molecule has 21 heavy (non-hydrogen) atoms. The van der Waals surface area contributed by atoms with Crippen molar-refractivity contribution >= 4 is 0 Å².